The van der Waals surface area contributed by atoms with Crippen molar-refractivity contribution in [2.24, 2.45) is 33.2 Å². The van der Waals surface area contributed by atoms with E-state index in [0.717, 1.165) is 50.9 Å². The molecule has 27 heteroatoms. The van der Waals surface area contributed by atoms with Crippen LogP contribution in [0.1, 0.15) is 122 Å². The number of anilines is 5. The SMILES string of the molecule is C=CCOC(=O)N1c2cc(OCCCC(=O)Nc3cc(C(=O)Nc4ccc(-c5cc(C(=O)OC)n(C)c5)cc4)n(C)c3)c(C)cc2C(=O)N2Cc3ccccc3C[C@H]2C1OC.COC(=O)c1cc(-c2ccc(NC(=O)c3cc(NC(=O)CCCOc4cc5c(cc4C)C(=O)N4Cc6ccccc6C[C@H]4C=N5)cn3C)cc2)cn1C. The second-order valence-corrected chi connectivity index (χ2v) is 28.3. The smallest absolute Gasteiger partial charge is 0.416 e. The zero-order valence-corrected chi connectivity index (χ0v) is 64.7. The molecule has 0 bridgehead atoms. The van der Waals surface area contributed by atoms with Crippen molar-refractivity contribution in [3.63, 3.8) is 0 Å². The zero-order valence-electron chi connectivity index (χ0n) is 64.7. The van der Waals surface area contributed by atoms with Gasteiger partial charge in [-0.15, -0.1) is 0 Å². The number of hydrogen-bond donors (Lipinski definition) is 4. The Morgan fingerprint density at radius 2 is 0.974 bits per heavy atom. The van der Waals surface area contributed by atoms with Gasteiger partial charge in [-0.3, -0.25) is 33.8 Å². The highest BCUT2D eigenvalue weighted by Gasteiger charge is 2.46. The molecule has 7 amide bonds. The molecule has 14 rings (SSSR count). The highest BCUT2D eigenvalue weighted by Crippen LogP contribution is 2.41. The monoisotopic (exact) mass is 1540 g/mol. The molecule has 0 saturated heterocycles. The van der Waals surface area contributed by atoms with Crippen molar-refractivity contribution in [1.82, 2.24) is 28.1 Å². The molecule has 8 heterocycles. The van der Waals surface area contributed by atoms with Gasteiger partial charge in [0.2, 0.25) is 11.8 Å². The van der Waals surface area contributed by atoms with E-state index in [2.05, 4.69) is 40.0 Å². The standard InChI is InChI=1S/C46H48N6O9.C41H40N6O6/c1-7-18-61-46(57)52-36-24-40(28(2)20-35(36)43(55)51-26-31-12-9-8-11-30(31)21-38(51)44(52)58-5)60-19-10-13-41(53)47-34-23-37(50(4)27-34)42(54)48-33-16-14-29(15-17-33)32-22-39(45(56)59-6)49(3)25-32;1-25-16-33-34(42-21-32-17-27-8-5-6-9-28(27)23-47(32)40(33)50)20-37(25)53-15-7-10-38(48)43-31-19-35(46(3)24-31)39(49)44-30-13-11-26(12-14-30)29-18-36(41(51)52-4)45(2)22-29/h7-9,11-12,14-17,20,22-25,27,38,44H,1,10,13,18-19,21,26H2,2-6H3,(H,47,53)(H,48,54);5-6,8-9,11-14,16,18-22,24,32H,7,10,15,17,23H2,1-4H3,(H,43,48)(H,44,49)/t38-,44?;32-/m00/s1. The first-order valence-electron chi connectivity index (χ1n) is 37.2. The molecular formula is C87H88N12O15. The van der Waals surface area contributed by atoms with Crippen molar-refractivity contribution >= 4 is 93.8 Å². The molecule has 586 valence electrons. The lowest BCUT2D eigenvalue weighted by molar-refractivity contribution is -0.117. The van der Waals surface area contributed by atoms with E-state index in [1.807, 2.05) is 104 Å². The van der Waals surface area contributed by atoms with Crippen LogP contribution in [0.2, 0.25) is 0 Å². The summed E-state index contributed by atoms with van der Waals surface area (Å²) in [4.78, 5) is 127. The number of aliphatic imine (C=N–C) groups is 1. The number of benzene rings is 6. The Morgan fingerprint density at radius 3 is 1.47 bits per heavy atom. The van der Waals surface area contributed by atoms with Crippen LogP contribution in [0.3, 0.4) is 0 Å². The second kappa shape index (κ2) is 34.4. The largest absolute Gasteiger partial charge is 0.493 e. The van der Waals surface area contributed by atoms with Crippen molar-refractivity contribution in [2.75, 3.05) is 67.3 Å². The molecule has 1 unspecified atom stereocenters. The number of rotatable bonds is 23. The quantitative estimate of drug-likeness (QED) is 0.0200. The van der Waals surface area contributed by atoms with Crippen LogP contribution in [0.5, 0.6) is 11.5 Å². The third-order valence-electron chi connectivity index (χ3n) is 20.5. The van der Waals surface area contributed by atoms with Crippen molar-refractivity contribution in [2.45, 2.75) is 83.8 Å². The Bertz CT molecular complexity index is 5430. The number of aromatic nitrogens is 4. The summed E-state index contributed by atoms with van der Waals surface area (Å²) >= 11 is 0. The van der Waals surface area contributed by atoms with E-state index in [1.54, 1.807) is 130 Å². The van der Waals surface area contributed by atoms with Gasteiger partial charge >= 0.3 is 18.0 Å². The van der Waals surface area contributed by atoms with Crippen molar-refractivity contribution < 1.29 is 71.6 Å². The highest BCUT2D eigenvalue weighted by atomic mass is 16.6. The summed E-state index contributed by atoms with van der Waals surface area (Å²) in [5, 5.41) is 11.5. The molecule has 0 fully saturated rings. The summed E-state index contributed by atoms with van der Waals surface area (Å²) in [7, 11) is 11.2. The molecule has 6 aromatic carbocycles. The number of methoxy groups -OCH3 is 3. The number of fused-ring (bicyclic) bond motifs is 6. The van der Waals surface area contributed by atoms with E-state index in [9.17, 15) is 43.2 Å². The Hall–Kier alpha value is -13.6. The molecule has 0 spiro atoms. The fraction of sp³-hybridized carbons (Fsp3) is 0.264. The van der Waals surface area contributed by atoms with Crippen LogP contribution in [-0.2, 0) is 82.7 Å². The number of aryl methyl sites for hydroxylation is 6. The molecular weight excluding hydrogens is 1450 g/mol. The maximum Gasteiger partial charge on any atom is 0.416 e. The summed E-state index contributed by atoms with van der Waals surface area (Å²) in [5.74, 6) is -1.23. The van der Waals surface area contributed by atoms with Gasteiger partial charge in [-0.05, 0) is 145 Å². The van der Waals surface area contributed by atoms with Gasteiger partial charge in [0.1, 0.15) is 40.9 Å². The molecule has 0 aliphatic carbocycles. The Balaban J connectivity index is 0.000000201. The summed E-state index contributed by atoms with van der Waals surface area (Å²) in [6.45, 7) is 8.73. The van der Waals surface area contributed by atoms with Crippen molar-refractivity contribution in [3.8, 4) is 33.8 Å². The maximum atomic E-state index is 14.3. The predicted molar refractivity (Wildman–Crippen MR) is 431 cm³/mol. The summed E-state index contributed by atoms with van der Waals surface area (Å²) in [6.07, 6.45) is 11.1. The number of ether oxygens (including phenoxy) is 6. The van der Waals surface area contributed by atoms with Crippen LogP contribution in [0.25, 0.3) is 22.3 Å². The number of esters is 2. The molecule has 3 atom stereocenters. The maximum absolute atomic E-state index is 14.3. The van der Waals surface area contributed by atoms with Crippen LogP contribution >= 0.6 is 0 Å². The highest BCUT2D eigenvalue weighted by molar-refractivity contribution is 6.08. The van der Waals surface area contributed by atoms with Gasteiger partial charge in [-0.2, -0.15) is 0 Å². The number of nitrogens with one attached hydrogen (secondary N) is 4. The fourth-order valence-corrected chi connectivity index (χ4v) is 14.6. The molecule has 0 saturated carbocycles. The van der Waals surface area contributed by atoms with E-state index in [-0.39, 0.29) is 67.5 Å². The first kappa shape index (κ1) is 78.6. The predicted octanol–water partition coefficient (Wildman–Crippen LogP) is 13.3. The lowest BCUT2D eigenvalue weighted by atomic mass is 9.92. The lowest BCUT2D eigenvalue weighted by Crippen LogP contribution is -2.56. The topological polar surface area (TPSA) is 299 Å². The van der Waals surface area contributed by atoms with Crippen LogP contribution in [0, 0.1) is 13.8 Å². The number of nitrogens with zero attached hydrogens (tertiary/aromatic N) is 8. The van der Waals surface area contributed by atoms with Gasteiger partial charge in [-0.25, -0.2) is 19.3 Å². The van der Waals surface area contributed by atoms with Gasteiger partial charge in [0, 0.05) is 127 Å². The van der Waals surface area contributed by atoms with Crippen LogP contribution in [-0.4, -0.2) is 147 Å². The van der Waals surface area contributed by atoms with Crippen molar-refractivity contribution in [1.29, 1.82) is 0 Å². The molecule has 4 N–H and O–H groups in total. The van der Waals surface area contributed by atoms with Crippen LogP contribution in [0.15, 0.2) is 188 Å². The van der Waals surface area contributed by atoms with E-state index in [0.29, 0.717) is 124 Å². The molecule has 4 aliphatic heterocycles. The Kier molecular flexibility index (Phi) is 23.7. The average Bonchev–Trinajstić information content (AvgIpc) is 1.58. The van der Waals surface area contributed by atoms with E-state index >= 15 is 0 Å². The Labute approximate surface area is 658 Å². The summed E-state index contributed by atoms with van der Waals surface area (Å²) in [5.41, 5.74) is 14.9. The molecule has 0 radical (unpaired) electrons. The minimum Gasteiger partial charge on any atom is -0.493 e. The van der Waals surface area contributed by atoms with Gasteiger partial charge in [-0.1, -0.05) is 85.5 Å². The zero-order chi connectivity index (χ0) is 80.6. The number of carbonyl (C=O) groups excluding carboxylic acids is 9. The Morgan fingerprint density at radius 1 is 0.509 bits per heavy atom. The average molecular weight is 1540 g/mol. The fourth-order valence-electron chi connectivity index (χ4n) is 14.6. The molecule has 4 aliphatic rings. The number of hydrogen-bond acceptors (Lipinski definition) is 16. The minimum atomic E-state index is -0.864. The molecule has 114 heavy (non-hydrogen) atoms. The van der Waals surface area contributed by atoms with Gasteiger partial charge < -0.3 is 77.8 Å². The van der Waals surface area contributed by atoms with E-state index < -0.39 is 30.3 Å². The third kappa shape index (κ3) is 17.2. The van der Waals surface area contributed by atoms with Crippen LogP contribution < -0.4 is 35.6 Å². The van der Waals surface area contributed by atoms with E-state index in [4.69, 9.17) is 33.4 Å². The molecule has 10 aromatic rings. The molecule has 4 aromatic heterocycles. The first-order valence-corrected chi connectivity index (χ1v) is 37.2. The normalized spacial score (nSPS) is 15.0. The van der Waals surface area contributed by atoms with Gasteiger partial charge in [0.05, 0.1) is 73.4 Å². The number of carbonyl (C=O) groups is 9. The van der Waals surface area contributed by atoms with E-state index in [1.165, 1.54) is 37.9 Å². The van der Waals surface area contributed by atoms with Crippen LogP contribution in [0.4, 0.5) is 38.9 Å². The molecule has 27 nitrogen and oxygen atoms in total. The van der Waals surface area contributed by atoms with Gasteiger partial charge in [0.15, 0.2) is 6.23 Å². The lowest BCUT2D eigenvalue weighted by Gasteiger charge is -2.41. The van der Waals surface area contributed by atoms with Crippen molar-refractivity contribution in [3.05, 3.63) is 250 Å². The second-order valence-electron chi connectivity index (χ2n) is 28.3. The third-order valence-corrected chi connectivity index (χ3v) is 20.5. The minimum absolute atomic E-state index is 0.0335. The first-order chi connectivity index (χ1) is 55.0. The summed E-state index contributed by atoms with van der Waals surface area (Å²) in [6, 6.07) is 43.8. The number of amides is 7. The summed E-state index contributed by atoms with van der Waals surface area (Å²) < 4.78 is 40.1. The van der Waals surface area contributed by atoms with Gasteiger partial charge in [0.25, 0.3) is 23.6 Å².